The number of nitrogens with one attached hydrogen (secondary N) is 1. The lowest BCUT2D eigenvalue weighted by atomic mass is 10.2. The number of carbonyl (C=O) groups is 2. The number of halogens is 1. The number of ether oxygens (including phenoxy) is 3. The molecule has 2 aromatic rings. The number of rotatable bonds is 5. The van der Waals surface area contributed by atoms with Crippen molar-refractivity contribution in [1.82, 2.24) is 9.55 Å². The van der Waals surface area contributed by atoms with Gasteiger partial charge in [-0.1, -0.05) is 18.2 Å². The van der Waals surface area contributed by atoms with Crippen molar-refractivity contribution < 1.29 is 23.8 Å². The topological polar surface area (TPSA) is 117 Å². The van der Waals surface area contributed by atoms with Gasteiger partial charge in [-0.3, -0.25) is 19.1 Å². The first-order valence-electron chi connectivity index (χ1n) is 8.41. The van der Waals surface area contributed by atoms with Crippen molar-refractivity contribution in [2.45, 2.75) is 31.8 Å². The van der Waals surface area contributed by atoms with Crippen molar-refractivity contribution in [2.24, 2.45) is 0 Å². The van der Waals surface area contributed by atoms with Crippen LogP contribution in [0.15, 0.2) is 50.6 Å². The first kappa shape index (κ1) is 20.0. The van der Waals surface area contributed by atoms with Gasteiger partial charge in [-0.05, 0) is 28.1 Å². The Labute approximate surface area is 167 Å². The number of aromatic nitrogens is 2. The van der Waals surface area contributed by atoms with Gasteiger partial charge in [0.25, 0.3) is 5.56 Å². The third kappa shape index (κ3) is 4.57. The van der Waals surface area contributed by atoms with Crippen molar-refractivity contribution in [3.8, 4) is 0 Å². The second-order valence-electron chi connectivity index (χ2n) is 6.12. The molecule has 0 spiro atoms. The number of aromatic amines is 1. The van der Waals surface area contributed by atoms with E-state index >= 15 is 0 Å². The van der Waals surface area contributed by atoms with E-state index in [-0.39, 0.29) is 17.5 Å². The van der Waals surface area contributed by atoms with Gasteiger partial charge in [0, 0.05) is 19.5 Å². The molecular weight excluding hydrogens is 436 g/mol. The minimum Gasteiger partial charge on any atom is -0.459 e. The Balaban J connectivity index is 1.75. The van der Waals surface area contributed by atoms with Crippen LogP contribution >= 0.6 is 15.9 Å². The molecule has 28 heavy (non-hydrogen) atoms. The molecule has 0 aliphatic carbocycles. The second kappa shape index (κ2) is 8.53. The lowest BCUT2D eigenvalue weighted by Crippen LogP contribution is -2.33. The van der Waals surface area contributed by atoms with E-state index in [0.29, 0.717) is 5.56 Å². The Bertz CT molecular complexity index is 985. The maximum atomic E-state index is 12.1. The molecule has 148 valence electrons. The Morgan fingerprint density at radius 2 is 2.00 bits per heavy atom. The second-order valence-corrected chi connectivity index (χ2v) is 6.98. The fourth-order valence-electron chi connectivity index (χ4n) is 2.85. The summed E-state index contributed by atoms with van der Waals surface area (Å²) < 4.78 is 17.6. The lowest BCUT2D eigenvalue weighted by molar-refractivity contribution is -0.150. The summed E-state index contributed by atoms with van der Waals surface area (Å²) in [6, 6.07) is 8.42. The molecule has 0 bridgehead atoms. The predicted molar refractivity (Wildman–Crippen MR) is 99.8 cm³/mol. The van der Waals surface area contributed by atoms with Gasteiger partial charge >= 0.3 is 17.6 Å². The van der Waals surface area contributed by atoms with E-state index in [0.717, 1.165) is 0 Å². The summed E-state index contributed by atoms with van der Waals surface area (Å²) in [5.41, 5.74) is -0.854. The zero-order chi connectivity index (χ0) is 20.3. The molecule has 3 rings (SSSR count). The molecule has 0 unspecified atom stereocenters. The van der Waals surface area contributed by atoms with Gasteiger partial charge in [0.05, 0.1) is 10.0 Å². The van der Waals surface area contributed by atoms with Crippen molar-refractivity contribution >= 4 is 27.9 Å². The van der Waals surface area contributed by atoms with Gasteiger partial charge < -0.3 is 14.2 Å². The van der Waals surface area contributed by atoms with E-state index in [2.05, 4.69) is 20.9 Å². The number of benzene rings is 1. The Morgan fingerprint density at radius 1 is 1.29 bits per heavy atom. The van der Waals surface area contributed by atoms with Gasteiger partial charge in [0.15, 0.2) is 0 Å². The van der Waals surface area contributed by atoms with Gasteiger partial charge in [0.2, 0.25) is 0 Å². The van der Waals surface area contributed by atoms with E-state index in [4.69, 9.17) is 14.2 Å². The molecule has 9 nitrogen and oxygen atoms in total. The number of hydrogen-bond acceptors (Lipinski definition) is 7. The van der Waals surface area contributed by atoms with Crippen molar-refractivity contribution in [2.75, 3.05) is 6.61 Å². The third-order valence-corrected chi connectivity index (χ3v) is 4.69. The summed E-state index contributed by atoms with van der Waals surface area (Å²) in [6.07, 6.45) is -0.825. The monoisotopic (exact) mass is 452 g/mol. The molecule has 2 heterocycles. The van der Waals surface area contributed by atoms with Crippen molar-refractivity contribution in [3.63, 3.8) is 0 Å². The summed E-state index contributed by atoms with van der Waals surface area (Å²) in [7, 11) is 0. The van der Waals surface area contributed by atoms with Crippen LogP contribution in [-0.4, -0.2) is 40.3 Å². The molecule has 10 heteroatoms. The SMILES string of the molecule is CC(=O)O[C@H]1C[C@@H](n2cc(Br)c(=O)[nH]c2=O)O[C@@H]1COC(=O)c1ccccc1. The van der Waals surface area contributed by atoms with Crippen LogP contribution in [0.1, 0.15) is 29.9 Å². The Hall–Kier alpha value is -2.72. The zero-order valence-corrected chi connectivity index (χ0v) is 16.4. The van der Waals surface area contributed by atoms with Gasteiger partial charge in [0.1, 0.15) is 25.0 Å². The summed E-state index contributed by atoms with van der Waals surface area (Å²) in [6.45, 7) is 1.09. The fourth-order valence-corrected chi connectivity index (χ4v) is 3.17. The molecule has 1 fully saturated rings. The Morgan fingerprint density at radius 3 is 2.68 bits per heavy atom. The smallest absolute Gasteiger partial charge is 0.338 e. The summed E-state index contributed by atoms with van der Waals surface area (Å²) in [5.74, 6) is -1.07. The van der Waals surface area contributed by atoms with E-state index < -0.39 is 41.6 Å². The molecular formula is C18H17BrN2O7. The highest BCUT2D eigenvalue weighted by atomic mass is 79.9. The van der Waals surface area contributed by atoms with Crippen LogP contribution in [0.4, 0.5) is 0 Å². The molecule has 0 amide bonds. The van der Waals surface area contributed by atoms with Crippen LogP contribution in [-0.2, 0) is 19.0 Å². The van der Waals surface area contributed by atoms with Gasteiger partial charge in [-0.25, -0.2) is 9.59 Å². The largest absolute Gasteiger partial charge is 0.459 e. The summed E-state index contributed by atoms with van der Waals surface area (Å²) in [5, 5.41) is 0. The van der Waals surface area contributed by atoms with E-state index in [1.54, 1.807) is 30.3 Å². The molecule has 0 radical (unpaired) electrons. The van der Waals surface area contributed by atoms with Crippen LogP contribution < -0.4 is 11.2 Å². The highest BCUT2D eigenvalue weighted by molar-refractivity contribution is 9.10. The average Bonchev–Trinajstić information content (AvgIpc) is 3.05. The molecule has 1 N–H and O–H groups in total. The Kier molecular flexibility index (Phi) is 6.10. The first-order valence-corrected chi connectivity index (χ1v) is 9.20. The predicted octanol–water partition coefficient (Wildman–Crippen LogP) is 1.38. The number of esters is 2. The fraction of sp³-hybridized carbons (Fsp3) is 0.333. The molecule has 1 aromatic heterocycles. The first-order chi connectivity index (χ1) is 13.3. The molecule has 1 aliphatic rings. The normalized spacial score (nSPS) is 21.3. The molecule has 1 saturated heterocycles. The lowest BCUT2D eigenvalue weighted by Gasteiger charge is -2.18. The van der Waals surface area contributed by atoms with E-state index in [9.17, 15) is 19.2 Å². The van der Waals surface area contributed by atoms with Crippen LogP contribution in [0.2, 0.25) is 0 Å². The summed E-state index contributed by atoms with van der Waals surface area (Å²) in [4.78, 5) is 49.3. The number of H-pyrrole nitrogens is 1. The number of nitrogens with zero attached hydrogens (tertiary/aromatic N) is 1. The maximum absolute atomic E-state index is 12.1. The van der Waals surface area contributed by atoms with E-state index in [1.807, 2.05) is 0 Å². The maximum Gasteiger partial charge on any atom is 0.338 e. The third-order valence-electron chi connectivity index (χ3n) is 4.12. The number of carbonyl (C=O) groups excluding carboxylic acids is 2. The van der Waals surface area contributed by atoms with Gasteiger partial charge in [-0.15, -0.1) is 0 Å². The van der Waals surface area contributed by atoms with E-state index in [1.165, 1.54) is 17.7 Å². The standard InChI is InChI=1S/C18H17BrN2O7/c1-10(22)27-13-7-15(21-8-12(19)16(23)20-18(21)25)28-14(13)9-26-17(24)11-5-3-2-4-6-11/h2-6,8,13-15H,7,9H2,1H3,(H,20,23,25)/t13-,14+,15-/m0/s1. The van der Waals surface area contributed by atoms with Crippen LogP contribution in [0.5, 0.6) is 0 Å². The van der Waals surface area contributed by atoms with Crippen molar-refractivity contribution in [3.05, 3.63) is 67.4 Å². The highest BCUT2D eigenvalue weighted by Crippen LogP contribution is 2.30. The quantitative estimate of drug-likeness (QED) is 0.680. The molecule has 0 saturated carbocycles. The minimum absolute atomic E-state index is 0.152. The van der Waals surface area contributed by atoms with Crippen LogP contribution in [0.25, 0.3) is 0 Å². The average molecular weight is 453 g/mol. The minimum atomic E-state index is -0.801. The molecule has 1 aliphatic heterocycles. The highest BCUT2D eigenvalue weighted by Gasteiger charge is 2.40. The van der Waals surface area contributed by atoms with Gasteiger partial charge in [-0.2, -0.15) is 0 Å². The summed E-state index contributed by atoms with van der Waals surface area (Å²) >= 11 is 3.06. The molecule has 1 aromatic carbocycles. The molecule has 3 atom stereocenters. The zero-order valence-electron chi connectivity index (χ0n) is 14.8. The number of hydrogen-bond donors (Lipinski definition) is 1. The van der Waals surface area contributed by atoms with Crippen LogP contribution in [0, 0.1) is 0 Å². The van der Waals surface area contributed by atoms with Crippen molar-refractivity contribution in [1.29, 1.82) is 0 Å². The van der Waals surface area contributed by atoms with Crippen LogP contribution in [0.3, 0.4) is 0 Å².